The molecule has 23 heavy (non-hydrogen) atoms. The van der Waals surface area contributed by atoms with Gasteiger partial charge in [-0.2, -0.15) is 0 Å². The van der Waals surface area contributed by atoms with E-state index in [1.807, 2.05) is 35.4 Å². The van der Waals surface area contributed by atoms with Crippen molar-refractivity contribution in [2.75, 3.05) is 13.1 Å². The third kappa shape index (κ3) is 4.33. The smallest absolute Gasteiger partial charge is 0.227 e. The Hall–Kier alpha value is -1.85. The molecular formula is C17H20ClN3O2. The second kappa shape index (κ2) is 7.62. The molecule has 0 spiro atoms. The number of aromatic nitrogens is 2. The number of hydrogen-bond donors (Lipinski definition) is 1. The number of ether oxygens (including phenoxy) is 1. The van der Waals surface area contributed by atoms with E-state index < -0.39 is 0 Å². The normalized spacial score (nSPS) is 15.8. The maximum Gasteiger partial charge on any atom is 0.227 e. The summed E-state index contributed by atoms with van der Waals surface area (Å²) < 4.78 is 5.85. The van der Waals surface area contributed by atoms with Crippen LogP contribution in [-0.2, 0) is 22.6 Å². The number of nitrogens with zero attached hydrogens (tertiary/aromatic N) is 2. The second-order valence-corrected chi connectivity index (χ2v) is 6.13. The highest BCUT2D eigenvalue weighted by molar-refractivity contribution is 6.31. The lowest BCUT2D eigenvalue weighted by molar-refractivity contribution is -0.133. The average Bonchev–Trinajstić information content (AvgIpc) is 3.09. The predicted octanol–water partition coefficient (Wildman–Crippen LogP) is 2.81. The molecule has 2 heterocycles. The Labute approximate surface area is 140 Å². The van der Waals surface area contributed by atoms with Crippen molar-refractivity contribution in [3.05, 3.63) is 53.1 Å². The Morgan fingerprint density at radius 3 is 2.83 bits per heavy atom. The van der Waals surface area contributed by atoms with Crippen molar-refractivity contribution in [3.8, 4) is 0 Å². The van der Waals surface area contributed by atoms with E-state index in [0.29, 0.717) is 18.1 Å². The number of H-pyrrole nitrogens is 1. The molecule has 2 aromatic rings. The zero-order valence-electron chi connectivity index (χ0n) is 12.9. The number of halogens is 1. The fraction of sp³-hybridized carbons (Fsp3) is 0.412. The predicted molar refractivity (Wildman–Crippen MR) is 88.1 cm³/mol. The molecule has 0 bridgehead atoms. The van der Waals surface area contributed by atoms with E-state index in [-0.39, 0.29) is 12.0 Å². The van der Waals surface area contributed by atoms with E-state index in [0.717, 1.165) is 37.2 Å². The summed E-state index contributed by atoms with van der Waals surface area (Å²) in [5.74, 6) is 0.129. The first-order valence-electron chi connectivity index (χ1n) is 7.83. The first-order valence-corrected chi connectivity index (χ1v) is 8.20. The van der Waals surface area contributed by atoms with Crippen LogP contribution in [0.3, 0.4) is 0 Å². The molecule has 0 radical (unpaired) electrons. The van der Waals surface area contributed by atoms with Gasteiger partial charge in [0.2, 0.25) is 5.91 Å². The number of rotatable bonds is 5. The molecule has 6 heteroatoms. The van der Waals surface area contributed by atoms with Gasteiger partial charge in [0.15, 0.2) is 0 Å². The largest absolute Gasteiger partial charge is 0.372 e. The van der Waals surface area contributed by atoms with Gasteiger partial charge in [-0.05, 0) is 24.5 Å². The van der Waals surface area contributed by atoms with E-state index in [1.165, 1.54) is 0 Å². The third-order valence-electron chi connectivity index (χ3n) is 4.12. The quantitative estimate of drug-likeness (QED) is 0.915. The minimum atomic E-state index is 0.129. The molecular weight excluding hydrogens is 314 g/mol. The zero-order chi connectivity index (χ0) is 16.1. The van der Waals surface area contributed by atoms with Gasteiger partial charge in [0.1, 0.15) is 0 Å². The van der Waals surface area contributed by atoms with Gasteiger partial charge in [-0.25, -0.2) is 4.98 Å². The van der Waals surface area contributed by atoms with Gasteiger partial charge >= 0.3 is 0 Å². The van der Waals surface area contributed by atoms with Crippen LogP contribution in [0.25, 0.3) is 0 Å². The second-order valence-electron chi connectivity index (χ2n) is 5.72. The summed E-state index contributed by atoms with van der Waals surface area (Å²) in [6, 6.07) is 7.50. The lowest BCUT2D eigenvalue weighted by Crippen LogP contribution is -2.41. The minimum Gasteiger partial charge on any atom is -0.372 e. The number of piperidine rings is 1. The summed E-state index contributed by atoms with van der Waals surface area (Å²) in [4.78, 5) is 21.3. The summed E-state index contributed by atoms with van der Waals surface area (Å²) in [6.45, 7) is 1.98. The van der Waals surface area contributed by atoms with Gasteiger partial charge in [-0.15, -0.1) is 0 Å². The summed E-state index contributed by atoms with van der Waals surface area (Å²) >= 11 is 6.12. The van der Waals surface area contributed by atoms with Gasteiger partial charge < -0.3 is 14.6 Å². The number of amides is 1. The fourth-order valence-corrected chi connectivity index (χ4v) is 2.96. The van der Waals surface area contributed by atoms with Crippen LogP contribution in [0.1, 0.15) is 24.1 Å². The molecule has 1 aliphatic heterocycles. The monoisotopic (exact) mass is 333 g/mol. The first-order chi connectivity index (χ1) is 11.2. The van der Waals surface area contributed by atoms with E-state index in [1.54, 1.807) is 6.33 Å². The number of nitrogens with one attached hydrogen (secondary N) is 1. The number of likely N-dealkylation sites (tertiary alicyclic amines) is 1. The number of benzene rings is 1. The molecule has 0 saturated carbocycles. The van der Waals surface area contributed by atoms with Crippen LogP contribution in [0.2, 0.25) is 5.02 Å². The molecule has 1 saturated heterocycles. The molecule has 5 nitrogen and oxygen atoms in total. The highest BCUT2D eigenvalue weighted by Crippen LogP contribution is 2.19. The zero-order valence-corrected chi connectivity index (χ0v) is 13.6. The van der Waals surface area contributed by atoms with Gasteiger partial charge in [-0.1, -0.05) is 29.8 Å². The maximum atomic E-state index is 12.4. The van der Waals surface area contributed by atoms with Crippen LogP contribution in [0, 0.1) is 0 Å². The number of aromatic amines is 1. The molecule has 0 aliphatic carbocycles. The minimum absolute atomic E-state index is 0.129. The van der Waals surface area contributed by atoms with Gasteiger partial charge in [0.05, 0.1) is 31.2 Å². The molecule has 1 aliphatic rings. The Kier molecular flexibility index (Phi) is 5.31. The Bertz CT molecular complexity index is 637. The molecule has 1 N–H and O–H groups in total. The van der Waals surface area contributed by atoms with E-state index in [9.17, 15) is 4.79 Å². The molecule has 1 aromatic heterocycles. The van der Waals surface area contributed by atoms with E-state index in [2.05, 4.69) is 9.97 Å². The number of carbonyl (C=O) groups excluding carboxylic acids is 1. The van der Waals surface area contributed by atoms with Crippen LogP contribution in [0.15, 0.2) is 36.8 Å². The van der Waals surface area contributed by atoms with Crippen molar-refractivity contribution in [3.63, 3.8) is 0 Å². The number of carbonyl (C=O) groups is 1. The van der Waals surface area contributed by atoms with Crippen LogP contribution < -0.4 is 0 Å². The van der Waals surface area contributed by atoms with Gasteiger partial charge in [0, 0.05) is 24.3 Å². The van der Waals surface area contributed by atoms with Gasteiger partial charge in [-0.3, -0.25) is 4.79 Å². The fourth-order valence-electron chi connectivity index (χ4n) is 2.76. The van der Waals surface area contributed by atoms with Gasteiger partial charge in [0.25, 0.3) is 0 Å². The molecule has 1 fully saturated rings. The third-order valence-corrected chi connectivity index (χ3v) is 4.48. The Morgan fingerprint density at radius 1 is 1.35 bits per heavy atom. The number of imidazole rings is 1. The maximum absolute atomic E-state index is 12.4. The van der Waals surface area contributed by atoms with Crippen molar-refractivity contribution in [2.24, 2.45) is 0 Å². The van der Waals surface area contributed by atoms with Crippen molar-refractivity contribution >= 4 is 17.5 Å². The summed E-state index contributed by atoms with van der Waals surface area (Å²) in [6.07, 6.45) is 5.75. The topological polar surface area (TPSA) is 58.2 Å². The molecule has 122 valence electrons. The van der Waals surface area contributed by atoms with E-state index in [4.69, 9.17) is 16.3 Å². The van der Waals surface area contributed by atoms with Crippen molar-refractivity contribution < 1.29 is 9.53 Å². The lowest BCUT2D eigenvalue weighted by atomic mass is 10.1. The summed E-state index contributed by atoms with van der Waals surface area (Å²) in [5, 5.41) is 0.651. The van der Waals surface area contributed by atoms with Crippen molar-refractivity contribution in [1.29, 1.82) is 0 Å². The summed E-state index contributed by atoms with van der Waals surface area (Å²) in [7, 11) is 0. The summed E-state index contributed by atoms with van der Waals surface area (Å²) in [5.41, 5.74) is 1.79. The van der Waals surface area contributed by atoms with Crippen LogP contribution in [0.4, 0.5) is 0 Å². The highest BCUT2D eigenvalue weighted by Gasteiger charge is 2.23. The van der Waals surface area contributed by atoms with Crippen LogP contribution in [0.5, 0.6) is 0 Å². The Balaban J connectivity index is 1.45. The molecule has 0 unspecified atom stereocenters. The van der Waals surface area contributed by atoms with Crippen molar-refractivity contribution in [1.82, 2.24) is 14.9 Å². The molecule has 0 atom stereocenters. The lowest BCUT2D eigenvalue weighted by Gasteiger charge is -2.32. The van der Waals surface area contributed by atoms with Crippen LogP contribution in [-0.4, -0.2) is 40.0 Å². The Morgan fingerprint density at radius 2 is 2.13 bits per heavy atom. The molecule has 1 aromatic carbocycles. The highest BCUT2D eigenvalue weighted by atomic mass is 35.5. The van der Waals surface area contributed by atoms with E-state index >= 15 is 0 Å². The SMILES string of the molecule is O=C(Cc1ccccc1Cl)N1CCC(OCc2c[nH]cn2)CC1. The van der Waals surface area contributed by atoms with Crippen molar-refractivity contribution in [2.45, 2.75) is 32.0 Å². The standard InChI is InChI=1S/C17H20ClN3O2/c18-16-4-2-1-3-13(16)9-17(22)21-7-5-15(6-8-21)23-11-14-10-19-12-20-14/h1-4,10,12,15H,5-9,11H2,(H,19,20). The van der Waals surface area contributed by atoms with Crippen LogP contribution >= 0.6 is 11.6 Å². The molecule has 1 amide bonds. The molecule has 3 rings (SSSR count). The average molecular weight is 334 g/mol. The first kappa shape index (κ1) is 16.0. The number of hydrogen-bond acceptors (Lipinski definition) is 3.